The number of carbonyl (C=O) groups excluding carboxylic acids is 1. The van der Waals surface area contributed by atoms with Gasteiger partial charge in [-0.05, 0) is 24.3 Å². The number of aliphatic hydroxyl groups is 1. The molecule has 1 atom stereocenters. The third-order valence-electron chi connectivity index (χ3n) is 3.73. The molecule has 1 fully saturated rings. The largest absolute Gasteiger partial charge is 0.383 e. The quantitative estimate of drug-likeness (QED) is 0.874. The maximum absolute atomic E-state index is 12.0. The van der Waals surface area contributed by atoms with Crippen molar-refractivity contribution in [1.29, 1.82) is 0 Å². The fraction of sp³-hybridized carbons (Fsp3) is 0.562. The fourth-order valence-corrected chi connectivity index (χ4v) is 2.25. The average Bonchev–Trinajstić information content (AvgIpc) is 3.20. The number of nitrogens with one attached hydrogen (secondary N) is 1. The normalized spacial score (nSPS) is 18.7. The highest BCUT2D eigenvalue weighted by Crippen LogP contribution is 2.45. The van der Waals surface area contributed by atoms with Crippen molar-refractivity contribution >= 4 is 5.91 Å². The highest BCUT2D eigenvalue weighted by molar-refractivity contribution is 5.81. The molecule has 0 heterocycles. The van der Waals surface area contributed by atoms with Crippen molar-refractivity contribution < 1.29 is 9.90 Å². The van der Waals surface area contributed by atoms with E-state index in [0.717, 1.165) is 18.4 Å². The molecule has 0 aromatic heterocycles. The van der Waals surface area contributed by atoms with E-state index >= 15 is 0 Å². The molecule has 1 aliphatic carbocycles. The first-order valence-corrected chi connectivity index (χ1v) is 6.90. The lowest BCUT2D eigenvalue weighted by Gasteiger charge is -2.30. The Balaban J connectivity index is 2.11. The molecule has 1 aromatic rings. The highest BCUT2D eigenvalue weighted by atomic mass is 16.3. The van der Waals surface area contributed by atoms with Crippen molar-refractivity contribution in [3.05, 3.63) is 35.9 Å². The van der Waals surface area contributed by atoms with Gasteiger partial charge in [-0.2, -0.15) is 0 Å². The smallest absolute Gasteiger partial charge is 0.225 e. The average molecular weight is 261 g/mol. The number of benzene rings is 1. The number of hydrogen-bond donors (Lipinski definition) is 2. The molecule has 0 bridgehead atoms. The topological polar surface area (TPSA) is 49.3 Å². The number of hydrogen-bond acceptors (Lipinski definition) is 2. The summed E-state index contributed by atoms with van der Waals surface area (Å²) >= 11 is 0. The van der Waals surface area contributed by atoms with Crippen LogP contribution in [0.1, 0.15) is 39.2 Å². The summed E-state index contributed by atoms with van der Waals surface area (Å²) < 4.78 is 0. The summed E-state index contributed by atoms with van der Waals surface area (Å²) in [5, 5.41) is 13.8. The maximum atomic E-state index is 12.0. The molecule has 1 aromatic carbocycles. The van der Waals surface area contributed by atoms with Gasteiger partial charge in [0.25, 0.3) is 0 Å². The van der Waals surface area contributed by atoms with Gasteiger partial charge in [-0.25, -0.2) is 0 Å². The molecule has 19 heavy (non-hydrogen) atoms. The van der Waals surface area contributed by atoms with Gasteiger partial charge < -0.3 is 10.4 Å². The van der Waals surface area contributed by atoms with Crippen molar-refractivity contribution in [3.63, 3.8) is 0 Å². The van der Waals surface area contributed by atoms with Gasteiger partial charge >= 0.3 is 0 Å². The first-order chi connectivity index (χ1) is 8.84. The summed E-state index contributed by atoms with van der Waals surface area (Å²) in [5.74, 6) is 0.234. The van der Waals surface area contributed by atoms with E-state index in [1.165, 1.54) is 0 Å². The van der Waals surface area contributed by atoms with Gasteiger partial charge in [-0.15, -0.1) is 0 Å². The second-order valence-corrected chi connectivity index (χ2v) is 6.50. The monoisotopic (exact) mass is 261 g/mol. The molecule has 1 unspecified atom stereocenters. The first kappa shape index (κ1) is 14.1. The zero-order valence-corrected chi connectivity index (χ0v) is 11.9. The zero-order chi connectivity index (χ0) is 14.1. The molecular formula is C16H23NO2. The third kappa shape index (κ3) is 3.16. The first-order valence-electron chi connectivity index (χ1n) is 6.90. The standard InChI is InChI=1S/C16H23NO2/c1-15(2,3)14(18)17-11-16(19,13-9-10-13)12-7-5-4-6-8-12/h4-8,13,19H,9-11H2,1-3H3,(H,17,18). The summed E-state index contributed by atoms with van der Waals surface area (Å²) in [6.45, 7) is 5.92. The lowest BCUT2D eigenvalue weighted by atomic mass is 9.88. The van der Waals surface area contributed by atoms with E-state index in [1.807, 2.05) is 51.1 Å². The van der Waals surface area contributed by atoms with Crippen molar-refractivity contribution in [1.82, 2.24) is 5.32 Å². The van der Waals surface area contributed by atoms with Crippen LogP contribution in [0.5, 0.6) is 0 Å². The summed E-state index contributed by atoms with van der Waals surface area (Å²) in [6, 6.07) is 9.65. The van der Waals surface area contributed by atoms with Crippen LogP contribution < -0.4 is 5.32 Å². The van der Waals surface area contributed by atoms with E-state index < -0.39 is 11.0 Å². The maximum Gasteiger partial charge on any atom is 0.225 e. The van der Waals surface area contributed by atoms with E-state index in [4.69, 9.17) is 0 Å². The molecule has 1 saturated carbocycles. The minimum Gasteiger partial charge on any atom is -0.383 e. The van der Waals surface area contributed by atoms with Crippen LogP contribution in [0.4, 0.5) is 0 Å². The van der Waals surface area contributed by atoms with E-state index in [-0.39, 0.29) is 18.4 Å². The summed E-state index contributed by atoms with van der Waals surface area (Å²) in [7, 11) is 0. The molecule has 0 spiro atoms. The van der Waals surface area contributed by atoms with E-state index in [9.17, 15) is 9.90 Å². The lowest BCUT2D eigenvalue weighted by Crippen LogP contribution is -2.45. The van der Waals surface area contributed by atoms with Gasteiger partial charge in [0, 0.05) is 5.41 Å². The Bertz CT molecular complexity index is 446. The Morgan fingerprint density at radius 3 is 2.32 bits per heavy atom. The van der Waals surface area contributed by atoms with Crippen LogP contribution in [0.25, 0.3) is 0 Å². The van der Waals surface area contributed by atoms with Crippen LogP contribution in [0.2, 0.25) is 0 Å². The zero-order valence-electron chi connectivity index (χ0n) is 11.9. The summed E-state index contributed by atoms with van der Waals surface area (Å²) in [5.41, 5.74) is -0.463. The van der Waals surface area contributed by atoms with Gasteiger partial charge in [0.05, 0.1) is 6.54 Å². The van der Waals surface area contributed by atoms with E-state index in [0.29, 0.717) is 0 Å². The van der Waals surface area contributed by atoms with Crippen molar-refractivity contribution in [2.24, 2.45) is 11.3 Å². The van der Waals surface area contributed by atoms with Crippen LogP contribution in [0.15, 0.2) is 30.3 Å². The van der Waals surface area contributed by atoms with Crippen LogP contribution in [-0.2, 0) is 10.4 Å². The van der Waals surface area contributed by atoms with Crippen molar-refractivity contribution in [3.8, 4) is 0 Å². The minimum atomic E-state index is -0.928. The molecule has 104 valence electrons. The molecule has 1 amide bonds. The molecular weight excluding hydrogens is 238 g/mol. The Labute approximate surface area is 115 Å². The van der Waals surface area contributed by atoms with Crippen LogP contribution in [-0.4, -0.2) is 17.6 Å². The Morgan fingerprint density at radius 2 is 1.84 bits per heavy atom. The Kier molecular flexibility index (Phi) is 3.68. The Hall–Kier alpha value is -1.35. The van der Waals surface area contributed by atoms with E-state index in [1.54, 1.807) is 0 Å². The lowest BCUT2D eigenvalue weighted by molar-refractivity contribution is -0.130. The molecule has 0 aliphatic heterocycles. The number of amides is 1. The molecule has 2 N–H and O–H groups in total. The summed E-state index contributed by atoms with van der Waals surface area (Å²) in [6.07, 6.45) is 2.05. The second kappa shape index (κ2) is 4.97. The van der Waals surface area contributed by atoms with Crippen LogP contribution in [0, 0.1) is 11.3 Å². The molecule has 2 rings (SSSR count). The molecule has 1 aliphatic rings. The number of carbonyl (C=O) groups is 1. The van der Waals surface area contributed by atoms with Gasteiger partial charge in [0.2, 0.25) is 5.91 Å². The van der Waals surface area contributed by atoms with Crippen LogP contribution >= 0.6 is 0 Å². The minimum absolute atomic E-state index is 0.0255. The molecule has 3 heteroatoms. The van der Waals surface area contributed by atoms with Gasteiger partial charge in [-0.1, -0.05) is 51.1 Å². The molecule has 0 radical (unpaired) electrons. The summed E-state index contributed by atoms with van der Waals surface area (Å²) in [4.78, 5) is 12.0. The van der Waals surface area contributed by atoms with Gasteiger partial charge in [0.1, 0.15) is 5.60 Å². The third-order valence-corrected chi connectivity index (χ3v) is 3.73. The predicted octanol–water partition coefficient (Wildman–Crippen LogP) is 2.45. The van der Waals surface area contributed by atoms with Gasteiger partial charge in [-0.3, -0.25) is 4.79 Å². The fourth-order valence-electron chi connectivity index (χ4n) is 2.25. The SMILES string of the molecule is CC(C)(C)C(=O)NCC(O)(c1ccccc1)C1CC1. The van der Waals surface area contributed by atoms with Crippen molar-refractivity contribution in [2.45, 2.75) is 39.2 Å². The Morgan fingerprint density at radius 1 is 1.26 bits per heavy atom. The molecule has 3 nitrogen and oxygen atoms in total. The van der Waals surface area contributed by atoms with Gasteiger partial charge in [0.15, 0.2) is 0 Å². The van der Waals surface area contributed by atoms with Crippen molar-refractivity contribution in [2.75, 3.05) is 6.54 Å². The molecule has 0 saturated heterocycles. The van der Waals surface area contributed by atoms with E-state index in [2.05, 4.69) is 5.32 Å². The van der Waals surface area contributed by atoms with Crippen LogP contribution in [0.3, 0.4) is 0 Å². The predicted molar refractivity (Wildman–Crippen MR) is 75.5 cm³/mol. The number of rotatable bonds is 4. The second-order valence-electron chi connectivity index (χ2n) is 6.50. The highest BCUT2D eigenvalue weighted by Gasteiger charge is 2.45.